The Morgan fingerprint density at radius 2 is 1.81 bits per heavy atom. The predicted octanol–water partition coefficient (Wildman–Crippen LogP) is 3.22. The zero-order chi connectivity index (χ0) is 18.5. The molecule has 2 atom stereocenters. The minimum Gasteiger partial charge on any atom is -0.389 e. The van der Waals surface area contributed by atoms with Gasteiger partial charge in [-0.2, -0.15) is 0 Å². The van der Waals surface area contributed by atoms with Crippen molar-refractivity contribution in [2.45, 2.75) is 71.1 Å². The van der Waals surface area contributed by atoms with Gasteiger partial charge in [-0.1, -0.05) is 13.8 Å². The Labute approximate surface area is 159 Å². The summed E-state index contributed by atoms with van der Waals surface area (Å²) in [5, 5.41) is 20.8. The fourth-order valence-corrected chi connectivity index (χ4v) is 5.58. The van der Waals surface area contributed by atoms with Crippen LogP contribution < -0.4 is 0 Å². The van der Waals surface area contributed by atoms with Gasteiger partial charge in [0.05, 0.1) is 17.9 Å². The van der Waals surface area contributed by atoms with Crippen LogP contribution in [0.1, 0.15) is 61.8 Å². The Bertz CT molecular complexity index is 784. The van der Waals surface area contributed by atoms with Gasteiger partial charge in [0, 0.05) is 29.9 Å². The number of nitrogens with zero attached hydrogens (tertiary/aromatic N) is 3. The number of aryl methyl sites for hydroxylation is 1. The van der Waals surface area contributed by atoms with Crippen LogP contribution in [-0.2, 0) is 6.54 Å². The van der Waals surface area contributed by atoms with Gasteiger partial charge in [0.15, 0.2) is 0 Å². The highest BCUT2D eigenvalue weighted by molar-refractivity contribution is 7.18. The Balaban J connectivity index is 1.59. The molecule has 0 spiro atoms. The maximum absolute atomic E-state index is 9.81. The quantitative estimate of drug-likeness (QED) is 0.862. The van der Waals surface area contributed by atoms with Crippen molar-refractivity contribution in [3.05, 3.63) is 22.5 Å². The van der Waals surface area contributed by atoms with Crippen LogP contribution in [0.15, 0.2) is 6.07 Å². The Hall–Kier alpha value is -1.08. The SMILES string of the molecule is Cc1nc(CN2C[C@@H](O)[C@H](O)C2)c2cc(C3CCC(C)(C)CC3)sc2n1. The normalized spacial score (nSPS) is 27.4. The molecule has 5 nitrogen and oxygen atoms in total. The molecule has 1 aliphatic carbocycles. The molecule has 0 aromatic carbocycles. The topological polar surface area (TPSA) is 69.5 Å². The first-order valence-corrected chi connectivity index (χ1v) is 10.5. The van der Waals surface area contributed by atoms with Gasteiger partial charge in [-0.05, 0) is 50.0 Å². The van der Waals surface area contributed by atoms with E-state index in [0.29, 0.717) is 31.0 Å². The lowest BCUT2D eigenvalue weighted by Gasteiger charge is -2.33. The van der Waals surface area contributed by atoms with E-state index in [2.05, 4.69) is 34.8 Å². The van der Waals surface area contributed by atoms with Crippen LogP contribution in [-0.4, -0.2) is 50.4 Å². The summed E-state index contributed by atoms with van der Waals surface area (Å²) in [4.78, 5) is 14.0. The van der Waals surface area contributed by atoms with E-state index >= 15 is 0 Å². The number of hydrogen-bond acceptors (Lipinski definition) is 6. The minimum atomic E-state index is -0.656. The van der Waals surface area contributed by atoms with Crippen molar-refractivity contribution in [3.8, 4) is 0 Å². The molecule has 6 heteroatoms. The summed E-state index contributed by atoms with van der Waals surface area (Å²) in [5.41, 5.74) is 1.50. The van der Waals surface area contributed by atoms with Crippen LogP contribution in [0.4, 0.5) is 0 Å². The molecule has 3 heterocycles. The Morgan fingerprint density at radius 1 is 1.15 bits per heavy atom. The highest BCUT2D eigenvalue weighted by Gasteiger charge is 2.31. The number of fused-ring (bicyclic) bond motifs is 1. The first-order chi connectivity index (χ1) is 12.3. The molecular weight excluding hydrogens is 346 g/mol. The maximum atomic E-state index is 9.81. The maximum Gasteiger partial charge on any atom is 0.127 e. The zero-order valence-electron chi connectivity index (χ0n) is 15.9. The summed E-state index contributed by atoms with van der Waals surface area (Å²) >= 11 is 1.82. The van der Waals surface area contributed by atoms with Crippen LogP contribution in [0, 0.1) is 12.3 Å². The summed E-state index contributed by atoms with van der Waals surface area (Å²) in [6.45, 7) is 8.35. The van der Waals surface area contributed by atoms with Gasteiger partial charge in [0.25, 0.3) is 0 Å². The lowest BCUT2D eigenvalue weighted by atomic mass is 9.73. The molecule has 2 aromatic rings. The van der Waals surface area contributed by atoms with E-state index < -0.39 is 12.2 Å². The molecule has 1 saturated heterocycles. The van der Waals surface area contributed by atoms with Crippen molar-refractivity contribution in [3.63, 3.8) is 0 Å². The van der Waals surface area contributed by atoms with E-state index in [9.17, 15) is 10.2 Å². The largest absolute Gasteiger partial charge is 0.389 e. The van der Waals surface area contributed by atoms with Gasteiger partial charge in [-0.3, -0.25) is 4.90 Å². The van der Waals surface area contributed by atoms with Crippen LogP contribution in [0.3, 0.4) is 0 Å². The molecule has 2 N–H and O–H groups in total. The number of aliphatic hydroxyl groups excluding tert-OH is 2. The number of hydrogen-bond donors (Lipinski definition) is 2. The second kappa shape index (κ2) is 6.82. The van der Waals surface area contributed by atoms with Crippen molar-refractivity contribution in [2.24, 2.45) is 5.41 Å². The van der Waals surface area contributed by atoms with E-state index in [1.54, 1.807) is 0 Å². The van der Waals surface area contributed by atoms with Gasteiger partial charge in [-0.15, -0.1) is 11.3 Å². The van der Waals surface area contributed by atoms with Crippen LogP contribution in [0.25, 0.3) is 10.2 Å². The van der Waals surface area contributed by atoms with Crippen molar-refractivity contribution >= 4 is 21.6 Å². The van der Waals surface area contributed by atoms with Crippen molar-refractivity contribution in [1.82, 2.24) is 14.9 Å². The lowest BCUT2D eigenvalue weighted by molar-refractivity contribution is 0.0572. The number of thiophene rings is 1. The fraction of sp³-hybridized carbons (Fsp3) is 0.700. The van der Waals surface area contributed by atoms with Gasteiger partial charge in [0.1, 0.15) is 10.7 Å². The molecule has 2 aromatic heterocycles. The number of aliphatic hydroxyl groups is 2. The van der Waals surface area contributed by atoms with Gasteiger partial charge in [0.2, 0.25) is 0 Å². The van der Waals surface area contributed by atoms with Crippen molar-refractivity contribution in [2.75, 3.05) is 13.1 Å². The summed E-state index contributed by atoms with van der Waals surface area (Å²) in [6, 6.07) is 2.31. The Kier molecular flexibility index (Phi) is 4.80. The van der Waals surface area contributed by atoms with Gasteiger partial charge < -0.3 is 10.2 Å². The molecule has 0 radical (unpaired) electrons. The number of likely N-dealkylation sites (tertiary alicyclic amines) is 1. The first kappa shape index (κ1) is 18.3. The highest BCUT2D eigenvalue weighted by Crippen LogP contribution is 2.45. The van der Waals surface area contributed by atoms with Crippen LogP contribution in [0.2, 0.25) is 0 Å². The summed E-state index contributed by atoms with van der Waals surface area (Å²) in [6.07, 6.45) is 3.77. The molecule has 2 aliphatic rings. The fourth-order valence-electron chi connectivity index (χ4n) is 4.31. The third-order valence-corrected chi connectivity index (χ3v) is 7.24. The standard InChI is InChI=1S/C20H29N3O2S/c1-12-21-15(9-23-10-16(24)17(25)11-23)14-8-18(26-19(14)22-12)13-4-6-20(2,3)7-5-13/h8,13,16-17,24-25H,4-7,9-11H2,1-3H3/t16-,17-/m1/s1. The predicted molar refractivity (Wildman–Crippen MR) is 104 cm³/mol. The third kappa shape index (κ3) is 3.65. The monoisotopic (exact) mass is 375 g/mol. The van der Waals surface area contributed by atoms with Crippen LogP contribution >= 0.6 is 11.3 Å². The van der Waals surface area contributed by atoms with Gasteiger partial charge >= 0.3 is 0 Å². The van der Waals surface area contributed by atoms with Crippen molar-refractivity contribution in [1.29, 1.82) is 0 Å². The smallest absolute Gasteiger partial charge is 0.127 e. The summed E-state index contributed by atoms with van der Waals surface area (Å²) in [5.74, 6) is 1.44. The molecule has 1 aliphatic heterocycles. The first-order valence-electron chi connectivity index (χ1n) is 9.66. The molecule has 4 rings (SSSR count). The molecule has 0 bridgehead atoms. The molecule has 142 valence electrons. The molecule has 26 heavy (non-hydrogen) atoms. The number of β-amino-alcohol motifs (C(OH)–C–C–N with tert-alkyl or cyclic N) is 2. The van der Waals surface area contributed by atoms with Crippen LogP contribution in [0.5, 0.6) is 0 Å². The molecule has 2 fully saturated rings. The number of aromatic nitrogens is 2. The van der Waals surface area contributed by atoms with E-state index in [0.717, 1.165) is 21.7 Å². The number of rotatable bonds is 3. The van der Waals surface area contributed by atoms with E-state index in [-0.39, 0.29) is 0 Å². The second-order valence-corrected chi connectivity index (χ2v) is 9.91. The van der Waals surface area contributed by atoms with Gasteiger partial charge in [-0.25, -0.2) is 9.97 Å². The van der Waals surface area contributed by atoms with Crippen molar-refractivity contribution < 1.29 is 10.2 Å². The molecule has 0 unspecified atom stereocenters. The average molecular weight is 376 g/mol. The minimum absolute atomic E-state index is 0.478. The van der Waals surface area contributed by atoms with E-state index in [1.807, 2.05) is 18.3 Å². The molecule has 0 amide bonds. The molecule has 1 saturated carbocycles. The Morgan fingerprint density at radius 3 is 2.46 bits per heavy atom. The summed E-state index contributed by atoms with van der Waals surface area (Å²) < 4.78 is 0. The van der Waals surface area contributed by atoms with E-state index in [1.165, 1.54) is 30.6 Å². The average Bonchev–Trinajstić information content (AvgIpc) is 3.11. The molecular formula is C20H29N3O2S. The van der Waals surface area contributed by atoms with E-state index in [4.69, 9.17) is 0 Å². The third-order valence-electron chi connectivity index (χ3n) is 6.05. The second-order valence-electron chi connectivity index (χ2n) is 8.85. The zero-order valence-corrected chi connectivity index (χ0v) is 16.7. The summed E-state index contributed by atoms with van der Waals surface area (Å²) in [7, 11) is 0. The lowest BCUT2D eigenvalue weighted by Crippen LogP contribution is -2.22. The highest BCUT2D eigenvalue weighted by atomic mass is 32.1.